The third-order valence-electron chi connectivity index (χ3n) is 3.30. The van der Waals surface area contributed by atoms with Crippen molar-refractivity contribution in [2.45, 2.75) is 12.5 Å². The van der Waals surface area contributed by atoms with Crippen LogP contribution in [-0.2, 0) is 10.4 Å². The molecule has 1 amide bonds. The molecule has 0 aliphatic carbocycles. The molecule has 1 aliphatic rings. The molecule has 96 valence electrons. The van der Waals surface area contributed by atoms with Gasteiger partial charge in [-0.05, 0) is 24.6 Å². The first-order chi connectivity index (χ1) is 9.03. The van der Waals surface area contributed by atoms with Gasteiger partial charge in [0.25, 0.3) is 5.91 Å². The first-order valence-electron chi connectivity index (χ1n) is 5.78. The van der Waals surface area contributed by atoms with Gasteiger partial charge in [0.15, 0.2) is 5.60 Å². The lowest BCUT2D eigenvalue weighted by molar-refractivity contribution is -0.129. The average Bonchev–Trinajstić information content (AvgIpc) is 2.62. The summed E-state index contributed by atoms with van der Waals surface area (Å²) in [7, 11) is 0. The monoisotopic (exact) mass is 258 g/mol. The van der Waals surface area contributed by atoms with E-state index in [1.807, 2.05) is 6.92 Å². The van der Waals surface area contributed by atoms with Crippen molar-refractivity contribution >= 4 is 11.6 Å². The van der Waals surface area contributed by atoms with Crippen LogP contribution in [0.15, 0.2) is 36.7 Å². The summed E-state index contributed by atoms with van der Waals surface area (Å²) >= 11 is 0. The molecular formula is C14H11FN2O2. The van der Waals surface area contributed by atoms with E-state index in [4.69, 9.17) is 0 Å². The van der Waals surface area contributed by atoms with Crippen LogP contribution in [0.25, 0.3) is 0 Å². The summed E-state index contributed by atoms with van der Waals surface area (Å²) in [6, 6.07) is 6.44. The Morgan fingerprint density at radius 2 is 2.11 bits per heavy atom. The maximum absolute atomic E-state index is 13.8. The highest BCUT2D eigenvalue weighted by atomic mass is 19.1. The normalized spacial score (nSPS) is 21.1. The van der Waals surface area contributed by atoms with Crippen molar-refractivity contribution in [1.82, 2.24) is 4.98 Å². The van der Waals surface area contributed by atoms with Crippen molar-refractivity contribution in [1.29, 1.82) is 0 Å². The molecule has 1 unspecified atom stereocenters. The number of aromatic nitrogens is 1. The van der Waals surface area contributed by atoms with Gasteiger partial charge < -0.3 is 10.4 Å². The molecule has 2 N–H and O–H groups in total. The van der Waals surface area contributed by atoms with E-state index < -0.39 is 17.3 Å². The lowest BCUT2D eigenvalue weighted by atomic mass is 9.87. The predicted molar refractivity (Wildman–Crippen MR) is 67.0 cm³/mol. The molecule has 2 aromatic rings. The van der Waals surface area contributed by atoms with Gasteiger partial charge in [0.2, 0.25) is 0 Å². The van der Waals surface area contributed by atoms with Gasteiger partial charge in [-0.2, -0.15) is 0 Å². The SMILES string of the molecule is Cc1ccc2c(c1)NC(=O)C2(O)c1ccncc1F. The standard InChI is InChI=1S/C14H11FN2O2/c1-8-2-3-10-12(6-8)17-13(18)14(10,19)9-4-5-16-7-11(9)15/h2-7,19H,1H3,(H,17,18). The fourth-order valence-electron chi connectivity index (χ4n) is 2.35. The third-order valence-corrected chi connectivity index (χ3v) is 3.30. The first-order valence-corrected chi connectivity index (χ1v) is 5.78. The number of anilines is 1. The Bertz CT molecular complexity index is 687. The zero-order valence-corrected chi connectivity index (χ0v) is 10.1. The Morgan fingerprint density at radius 3 is 2.84 bits per heavy atom. The number of nitrogens with zero attached hydrogens (tertiary/aromatic N) is 1. The number of aryl methyl sites for hydroxylation is 1. The van der Waals surface area contributed by atoms with Crippen LogP contribution in [0.4, 0.5) is 10.1 Å². The Balaban J connectivity index is 2.26. The van der Waals surface area contributed by atoms with Gasteiger partial charge in [-0.3, -0.25) is 9.78 Å². The van der Waals surface area contributed by atoms with Crippen LogP contribution in [0.1, 0.15) is 16.7 Å². The quantitative estimate of drug-likeness (QED) is 0.818. The summed E-state index contributed by atoms with van der Waals surface area (Å²) in [5.41, 5.74) is -0.297. The molecule has 1 aliphatic heterocycles. The number of carbonyl (C=O) groups is 1. The van der Waals surface area contributed by atoms with E-state index in [2.05, 4.69) is 10.3 Å². The molecule has 1 aromatic carbocycles. The second-order valence-corrected chi connectivity index (χ2v) is 4.57. The number of carbonyl (C=O) groups excluding carboxylic acids is 1. The van der Waals surface area contributed by atoms with Crippen molar-refractivity contribution in [2.75, 3.05) is 5.32 Å². The molecule has 19 heavy (non-hydrogen) atoms. The van der Waals surface area contributed by atoms with Crippen molar-refractivity contribution in [3.63, 3.8) is 0 Å². The van der Waals surface area contributed by atoms with Gasteiger partial charge in [-0.25, -0.2) is 4.39 Å². The highest BCUT2D eigenvalue weighted by Gasteiger charge is 2.48. The van der Waals surface area contributed by atoms with Gasteiger partial charge >= 0.3 is 0 Å². The van der Waals surface area contributed by atoms with Crippen molar-refractivity contribution in [2.24, 2.45) is 0 Å². The highest BCUT2D eigenvalue weighted by molar-refractivity contribution is 6.07. The number of fused-ring (bicyclic) bond motifs is 1. The van der Waals surface area contributed by atoms with Crippen molar-refractivity contribution in [3.05, 3.63) is 59.2 Å². The molecule has 0 spiro atoms. The fraction of sp³-hybridized carbons (Fsp3) is 0.143. The highest BCUT2D eigenvalue weighted by Crippen LogP contribution is 2.41. The maximum Gasteiger partial charge on any atom is 0.265 e. The molecule has 2 heterocycles. The van der Waals surface area contributed by atoms with E-state index in [1.54, 1.807) is 18.2 Å². The van der Waals surface area contributed by atoms with Gasteiger partial charge in [0, 0.05) is 23.0 Å². The van der Waals surface area contributed by atoms with Crippen LogP contribution < -0.4 is 5.32 Å². The molecule has 0 fully saturated rings. The number of nitrogens with one attached hydrogen (secondary N) is 1. The van der Waals surface area contributed by atoms with Gasteiger partial charge in [0.05, 0.1) is 6.20 Å². The molecule has 5 heteroatoms. The number of hydrogen-bond acceptors (Lipinski definition) is 3. The van der Waals surface area contributed by atoms with E-state index in [-0.39, 0.29) is 5.56 Å². The Kier molecular flexibility index (Phi) is 2.40. The maximum atomic E-state index is 13.8. The number of rotatable bonds is 1. The van der Waals surface area contributed by atoms with Crippen molar-refractivity contribution in [3.8, 4) is 0 Å². The molecule has 0 saturated carbocycles. The van der Waals surface area contributed by atoms with E-state index in [9.17, 15) is 14.3 Å². The summed E-state index contributed by atoms with van der Waals surface area (Å²) in [4.78, 5) is 15.7. The van der Waals surface area contributed by atoms with Gasteiger partial charge in [-0.15, -0.1) is 0 Å². The molecule has 0 saturated heterocycles. The largest absolute Gasteiger partial charge is 0.372 e. The fourth-order valence-corrected chi connectivity index (χ4v) is 2.35. The lowest BCUT2D eigenvalue weighted by Crippen LogP contribution is -2.36. The number of pyridine rings is 1. The zero-order valence-electron chi connectivity index (χ0n) is 10.1. The van der Waals surface area contributed by atoms with Crippen LogP contribution in [-0.4, -0.2) is 16.0 Å². The van der Waals surface area contributed by atoms with Crippen LogP contribution in [0, 0.1) is 12.7 Å². The molecule has 1 aromatic heterocycles. The Hall–Kier alpha value is -2.27. The number of aliphatic hydroxyl groups is 1. The minimum absolute atomic E-state index is 0.0948. The molecule has 4 nitrogen and oxygen atoms in total. The second-order valence-electron chi connectivity index (χ2n) is 4.57. The topological polar surface area (TPSA) is 62.2 Å². The molecular weight excluding hydrogens is 247 g/mol. The summed E-state index contributed by atoms with van der Waals surface area (Å²) in [6.45, 7) is 1.87. The summed E-state index contributed by atoms with van der Waals surface area (Å²) in [5, 5.41) is 13.3. The Morgan fingerprint density at radius 1 is 1.32 bits per heavy atom. The molecule has 1 atom stereocenters. The number of hydrogen-bond donors (Lipinski definition) is 2. The Labute approximate surface area is 108 Å². The average molecular weight is 258 g/mol. The summed E-state index contributed by atoms with van der Waals surface area (Å²) in [5.74, 6) is -1.37. The van der Waals surface area contributed by atoms with Crippen LogP contribution in [0.2, 0.25) is 0 Å². The molecule has 3 rings (SSSR count). The van der Waals surface area contributed by atoms with Crippen LogP contribution >= 0.6 is 0 Å². The zero-order chi connectivity index (χ0) is 13.6. The van der Waals surface area contributed by atoms with Gasteiger partial charge in [-0.1, -0.05) is 12.1 Å². The van der Waals surface area contributed by atoms with Crippen molar-refractivity contribution < 1.29 is 14.3 Å². The van der Waals surface area contributed by atoms with Gasteiger partial charge in [0.1, 0.15) is 5.82 Å². The minimum Gasteiger partial charge on any atom is -0.372 e. The lowest BCUT2D eigenvalue weighted by Gasteiger charge is -2.21. The summed E-state index contributed by atoms with van der Waals surface area (Å²) < 4.78 is 13.8. The first kappa shape index (κ1) is 11.8. The molecule has 0 radical (unpaired) electrons. The van der Waals surface area contributed by atoms with E-state index in [1.165, 1.54) is 12.3 Å². The van der Waals surface area contributed by atoms with E-state index >= 15 is 0 Å². The van der Waals surface area contributed by atoms with Crippen LogP contribution in [0.3, 0.4) is 0 Å². The molecule has 0 bridgehead atoms. The van der Waals surface area contributed by atoms with E-state index in [0.29, 0.717) is 11.3 Å². The second kappa shape index (κ2) is 3.86. The van der Waals surface area contributed by atoms with Crippen LogP contribution in [0.5, 0.6) is 0 Å². The third kappa shape index (κ3) is 1.55. The number of halogens is 1. The summed E-state index contributed by atoms with van der Waals surface area (Å²) in [6.07, 6.45) is 2.32. The number of benzene rings is 1. The van der Waals surface area contributed by atoms with E-state index in [0.717, 1.165) is 11.8 Å². The minimum atomic E-state index is -2.00. The smallest absolute Gasteiger partial charge is 0.265 e. The predicted octanol–water partition coefficient (Wildman–Crippen LogP) is 1.72. The number of amides is 1.